The number of hydrogen-bond donors (Lipinski definition) is 2. The minimum absolute atomic E-state index is 0.0255. The molecule has 3 aliphatic rings. The van der Waals surface area contributed by atoms with E-state index >= 15 is 0 Å². The number of carbonyl (C=O) groups is 3. The van der Waals surface area contributed by atoms with Crippen molar-refractivity contribution in [3.63, 3.8) is 0 Å². The highest BCUT2D eigenvalue weighted by molar-refractivity contribution is 5.80. The molecular formula is C13H20N4O4. The number of fused-ring (bicyclic) bond motifs is 1. The molecule has 0 bridgehead atoms. The van der Waals surface area contributed by atoms with Crippen molar-refractivity contribution in [2.45, 2.75) is 13.0 Å². The average Bonchev–Trinajstić information content (AvgIpc) is 3.01. The van der Waals surface area contributed by atoms with Crippen molar-refractivity contribution in [3.8, 4) is 0 Å². The predicted molar refractivity (Wildman–Crippen MR) is 72.7 cm³/mol. The van der Waals surface area contributed by atoms with Crippen LogP contribution < -0.4 is 5.32 Å². The molecule has 8 heteroatoms. The topological polar surface area (TPSA) is 93.2 Å². The molecule has 3 rings (SSSR count). The Bertz CT molecular complexity index is 483. The van der Waals surface area contributed by atoms with E-state index in [1.54, 1.807) is 14.7 Å². The lowest BCUT2D eigenvalue weighted by molar-refractivity contribution is -0.142. The number of nitrogens with one attached hydrogen (secondary N) is 1. The first kappa shape index (κ1) is 14.0. The summed E-state index contributed by atoms with van der Waals surface area (Å²) >= 11 is 0. The summed E-state index contributed by atoms with van der Waals surface area (Å²) in [5.41, 5.74) is 0. The molecule has 0 saturated carbocycles. The summed E-state index contributed by atoms with van der Waals surface area (Å²) in [6.45, 7) is 4.75. The van der Waals surface area contributed by atoms with Crippen LogP contribution in [0.4, 0.5) is 9.59 Å². The molecule has 0 aromatic heterocycles. The molecule has 4 amide bonds. The number of urea groups is 2. The summed E-state index contributed by atoms with van der Waals surface area (Å²) in [5, 5.41) is 11.9. The molecule has 3 saturated heterocycles. The van der Waals surface area contributed by atoms with Crippen molar-refractivity contribution >= 4 is 18.0 Å². The molecule has 0 aliphatic carbocycles. The van der Waals surface area contributed by atoms with E-state index in [9.17, 15) is 14.4 Å². The van der Waals surface area contributed by atoms with Crippen LogP contribution >= 0.6 is 0 Å². The molecule has 8 nitrogen and oxygen atoms in total. The van der Waals surface area contributed by atoms with Crippen molar-refractivity contribution in [3.05, 3.63) is 0 Å². The standard InChI is InChI=1S/C13H20N4O4/c1-8-5-16(7-10(8)11(18)19)13(21)15-2-3-17-9(6-15)4-14-12(17)20/h8-10H,2-7H2,1H3,(H,14,20)(H,18,19)/t8-,9?,10-/m1/s1. The average molecular weight is 296 g/mol. The van der Waals surface area contributed by atoms with E-state index < -0.39 is 11.9 Å². The minimum Gasteiger partial charge on any atom is -0.481 e. The van der Waals surface area contributed by atoms with Crippen LogP contribution in [0.25, 0.3) is 0 Å². The van der Waals surface area contributed by atoms with E-state index in [1.165, 1.54) is 0 Å². The van der Waals surface area contributed by atoms with E-state index in [2.05, 4.69) is 5.32 Å². The lowest BCUT2D eigenvalue weighted by atomic mass is 9.99. The lowest BCUT2D eigenvalue weighted by Gasteiger charge is -2.38. The molecule has 21 heavy (non-hydrogen) atoms. The third-order valence-electron chi connectivity index (χ3n) is 4.70. The Kier molecular flexibility index (Phi) is 3.38. The van der Waals surface area contributed by atoms with Crippen molar-refractivity contribution < 1.29 is 19.5 Å². The van der Waals surface area contributed by atoms with Gasteiger partial charge in [0, 0.05) is 39.3 Å². The third kappa shape index (κ3) is 2.38. The summed E-state index contributed by atoms with van der Waals surface area (Å²) in [6.07, 6.45) is 0. The highest BCUT2D eigenvalue weighted by atomic mass is 16.4. The van der Waals surface area contributed by atoms with Gasteiger partial charge >= 0.3 is 18.0 Å². The summed E-state index contributed by atoms with van der Waals surface area (Å²) < 4.78 is 0. The molecule has 1 unspecified atom stereocenters. The van der Waals surface area contributed by atoms with Gasteiger partial charge in [0.05, 0.1) is 12.0 Å². The second-order valence-corrected chi connectivity index (χ2v) is 6.09. The second-order valence-electron chi connectivity index (χ2n) is 6.09. The molecule has 2 N–H and O–H groups in total. The van der Waals surface area contributed by atoms with E-state index in [1.807, 2.05) is 6.92 Å². The van der Waals surface area contributed by atoms with E-state index in [0.717, 1.165) is 0 Å². The minimum atomic E-state index is -0.840. The van der Waals surface area contributed by atoms with E-state index in [4.69, 9.17) is 5.11 Å². The lowest BCUT2D eigenvalue weighted by Crippen LogP contribution is -2.56. The first-order valence-corrected chi connectivity index (χ1v) is 7.28. The summed E-state index contributed by atoms with van der Waals surface area (Å²) in [6, 6.07) is -0.136. The Morgan fingerprint density at radius 2 is 1.95 bits per heavy atom. The number of hydrogen-bond acceptors (Lipinski definition) is 3. The molecule has 0 aromatic carbocycles. The van der Waals surface area contributed by atoms with Crippen LogP contribution in [-0.4, -0.2) is 83.1 Å². The van der Waals surface area contributed by atoms with Crippen molar-refractivity contribution in [1.82, 2.24) is 20.0 Å². The van der Waals surface area contributed by atoms with E-state index in [-0.39, 0.29) is 30.6 Å². The number of carboxylic acids is 1. The highest BCUT2D eigenvalue weighted by Crippen LogP contribution is 2.25. The van der Waals surface area contributed by atoms with Crippen molar-refractivity contribution in [1.29, 1.82) is 0 Å². The molecule has 0 spiro atoms. The Morgan fingerprint density at radius 3 is 2.62 bits per heavy atom. The fourth-order valence-electron chi connectivity index (χ4n) is 3.42. The monoisotopic (exact) mass is 296 g/mol. The van der Waals surface area contributed by atoms with Crippen LogP contribution in [0.15, 0.2) is 0 Å². The van der Waals surface area contributed by atoms with Crippen molar-refractivity contribution in [2.75, 3.05) is 39.3 Å². The van der Waals surface area contributed by atoms with Gasteiger partial charge in [0.15, 0.2) is 0 Å². The van der Waals surface area contributed by atoms with Gasteiger partial charge in [-0.1, -0.05) is 6.92 Å². The maximum Gasteiger partial charge on any atom is 0.320 e. The number of likely N-dealkylation sites (tertiary alicyclic amines) is 1. The van der Waals surface area contributed by atoms with Crippen LogP contribution in [0, 0.1) is 11.8 Å². The molecule has 0 aromatic rings. The molecule has 3 atom stereocenters. The number of amides is 4. The van der Waals surface area contributed by atoms with Gasteiger partial charge in [-0.15, -0.1) is 0 Å². The largest absolute Gasteiger partial charge is 0.481 e. The normalized spacial score (nSPS) is 32.1. The van der Waals surface area contributed by atoms with Crippen LogP contribution in [0.5, 0.6) is 0 Å². The van der Waals surface area contributed by atoms with Crippen LogP contribution in [0.1, 0.15) is 6.92 Å². The number of piperazine rings is 1. The first-order valence-electron chi connectivity index (χ1n) is 7.28. The summed E-state index contributed by atoms with van der Waals surface area (Å²) in [4.78, 5) is 40.3. The van der Waals surface area contributed by atoms with Crippen LogP contribution in [0.2, 0.25) is 0 Å². The van der Waals surface area contributed by atoms with Gasteiger partial charge in [-0.05, 0) is 5.92 Å². The fraction of sp³-hybridized carbons (Fsp3) is 0.769. The van der Waals surface area contributed by atoms with Gasteiger partial charge in [-0.25, -0.2) is 9.59 Å². The number of carbonyl (C=O) groups excluding carboxylic acids is 2. The Hall–Kier alpha value is -1.99. The Balaban J connectivity index is 1.62. The van der Waals surface area contributed by atoms with Crippen molar-refractivity contribution in [2.24, 2.45) is 11.8 Å². The van der Waals surface area contributed by atoms with Gasteiger partial charge in [0.25, 0.3) is 0 Å². The molecular weight excluding hydrogens is 276 g/mol. The van der Waals surface area contributed by atoms with Crippen LogP contribution in [-0.2, 0) is 4.79 Å². The predicted octanol–water partition coefficient (Wildman–Crippen LogP) is -0.532. The Morgan fingerprint density at radius 1 is 1.19 bits per heavy atom. The summed E-state index contributed by atoms with van der Waals surface area (Å²) in [7, 11) is 0. The summed E-state index contributed by atoms with van der Waals surface area (Å²) in [5.74, 6) is -1.35. The third-order valence-corrected chi connectivity index (χ3v) is 4.70. The second kappa shape index (κ2) is 5.09. The molecule has 0 radical (unpaired) electrons. The molecule has 3 heterocycles. The number of nitrogens with zero attached hydrogens (tertiary/aromatic N) is 3. The van der Waals surface area contributed by atoms with E-state index in [0.29, 0.717) is 32.7 Å². The smallest absolute Gasteiger partial charge is 0.320 e. The zero-order valence-corrected chi connectivity index (χ0v) is 12.0. The number of aliphatic carboxylic acids is 1. The van der Waals surface area contributed by atoms with Gasteiger partial charge in [-0.3, -0.25) is 4.79 Å². The maximum atomic E-state index is 12.5. The van der Waals surface area contributed by atoms with Gasteiger partial charge in [0.1, 0.15) is 0 Å². The SMILES string of the molecule is C[C@@H]1CN(C(=O)N2CCN3C(=O)NCC3C2)C[C@H]1C(=O)O. The molecule has 116 valence electrons. The van der Waals surface area contributed by atoms with Gasteiger partial charge in [0.2, 0.25) is 0 Å². The van der Waals surface area contributed by atoms with Gasteiger partial charge in [-0.2, -0.15) is 0 Å². The Labute approximate surface area is 122 Å². The highest BCUT2D eigenvalue weighted by Gasteiger charge is 2.41. The van der Waals surface area contributed by atoms with Crippen LogP contribution in [0.3, 0.4) is 0 Å². The maximum absolute atomic E-state index is 12.5. The zero-order valence-electron chi connectivity index (χ0n) is 12.0. The quantitative estimate of drug-likeness (QED) is 0.680. The van der Waals surface area contributed by atoms with Gasteiger partial charge < -0.3 is 25.1 Å². The number of carboxylic acid groups (broad SMARTS) is 1. The molecule has 3 fully saturated rings. The number of rotatable bonds is 1. The fourth-order valence-corrected chi connectivity index (χ4v) is 3.42. The molecule has 3 aliphatic heterocycles. The first-order chi connectivity index (χ1) is 9.97. The zero-order chi connectivity index (χ0) is 15.1.